The van der Waals surface area contributed by atoms with Gasteiger partial charge in [0.05, 0.1) is 17.5 Å². The lowest BCUT2D eigenvalue weighted by molar-refractivity contribution is 0.0905. The number of halogens is 1. The summed E-state index contributed by atoms with van der Waals surface area (Å²) in [6, 6.07) is 22.2. The fraction of sp³-hybridized carbons (Fsp3) is 0.296. The third-order valence-electron chi connectivity index (χ3n) is 5.69. The highest BCUT2D eigenvalue weighted by Crippen LogP contribution is 2.32. The van der Waals surface area contributed by atoms with Gasteiger partial charge in [-0.3, -0.25) is 4.79 Å². The van der Waals surface area contributed by atoms with Gasteiger partial charge in [0.15, 0.2) is 0 Å². The van der Waals surface area contributed by atoms with Crippen LogP contribution in [0.5, 0.6) is 0 Å². The molecule has 0 saturated heterocycles. The van der Waals surface area contributed by atoms with E-state index in [1.165, 1.54) is 4.31 Å². The second kappa shape index (κ2) is 12.3. The minimum Gasteiger partial charge on any atom is -0.383 e. The molecule has 8 heteroatoms. The quantitative estimate of drug-likeness (QED) is 0.369. The van der Waals surface area contributed by atoms with Crippen molar-refractivity contribution in [3.8, 4) is 0 Å². The van der Waals surface area contributed by atoms with Gasteiger partial charge in [-0.05, 0) is 60.9 Å². The van der Waals surface area contributed by atoms with Gasteiger partial charge >= 0.3 is 0 Å². The molecule has 3 aromatic carbocycles. The molecule has 3 rings (SSSR count). The molecule has 35 heavy (non-hydrogen) atoms. The van der Waals surface area contributed by atoms with Crippen LogP contribution in [0.1, 0.15) is 47.8 Å². The Labute approximate surface area is 212 Å². The van der Waals surface area contributed by atoms with Crippen molar-refractivity contribution in [1.29, 1.82) is 0 Å². The van der Waals surface area contributed by atoms with E-state index < -0.39 is 16.1 Å². The van der Waals surface area contributed by atoms with Crippen LogP contribution in [0, 0.1) is 0 Å². The zero-order chi connectivity index (χ0) is 25.4. The number of carbonyl (C=O) groups is 1. The lowest BCUT2D eigenvalue weighted by Crippen LogP contribution is -2.35. The van der Waals surface area contributed by atoms with Crippen molar-refractivity contribution >= 4 is 27.5 Å². The van der Waals surface area contributed by atoms with Crippen molar-refractivity contribution in [2.24, 2.45) is 0 Å². The Hall–Kier alpha value is -2.71. The van der Waals surface area contributed by atoms with E-state index in [4.69, 9.17) is 16.3 Å². The Bertz CT molecular complexity index is 1200. The molecule has 1 amide bonds. The minimum atomic E-state index is -3.81. The van der Waals surface area contributed by atoms with E-state index in [0.29, 0.717) is 23.6 Å². The van der Waals surface area contributed by atoms with E-state index in [-0.39, 0.29) is 23.4 Å². The summed E-state index contributed by atoms with van der Waals surface area (Å²) in [7, 11) is -2.23. The van der Waals surface area contributed by atoms with E-state index in [0.717, 1.165) is 11.1 Å². The summed E-state index contributed by atoms with van der Waals surface area (Å²) < 4.78 is 34.1. The van der Waals surface area contributed by atoms with Gasteiger partial charge in [0, 0.05) is 30.3 Å². The van der Waals surface area contributed by atoms with E-state index >= 15 is 0 Å². The zero-order valence-corrected chi connectivity index (χ0v) is 21.7. The van der Waals surface area contributed by atoms with Crippen molar-refractivity contribution < 1.29 is 17.9 Å². The van der Waals surface area contributed by atoms with Crippen LogP contribution >= 0.6 is 11.6 Å². The van der Waals surface area contributed by atoms with E-state index in [1.54, 1.807) is 73.8 Å². The molecule has 0 aliphatic heterocycles. The number of nitrogens with zero attached hydrogens (tertiary/aromatic N) is 1. The molecule has 3 aromatic rings. The number of nitrogens with one attached hydrogen (secondary N) is 1. The maximum atomic E-state index is 13.8. The molecule has 186 valence electrons. The lowest BCUT2D eigenvalue weighted by Gasteiger charge is -2.31. The number of carbonyl (C=O) groups excluding carboxylic acids is 1. The summed E-state index contributed by atoms with van der Waals surface area (Å²) in [4.78, 5) is 12.7. The van der Waals surface area contributed by atoms with Gasteiger partial charge < -0.3 is 10.1 Å². The molecule has 1 N–H and O–H groups in total. The highest BCUT2D eigenvalue weighted by atomic mass is 35.5. The van der Waals surface area contributed by atoms with Gasteiger partial charge in [0.25, 0.3) is 5.91 Å². The van der Waals surface area contributed by atoms with Gasteiger partial charge in [0.2, 0.25) is 10.0 Å². The summed E-state index contributed by atoms with van der Waals surface area (Å²) >= 11 is 6.07. The average molecular weight is 515 g/mol. The first-order chi connectivity index (χ1) is 16.8. The second-order valence-corrected chi connectivity index (χ2v) is 10.7. The topological polar surface area (TPSA) is 75.7 Å². The normalized spacial score (nSPS) is 13.4. The molecule has 0 fully saturated rings. The second-order valence-electron chi connectivity index (χ2n) is 8.37. The zero-order valence-electron chi connectivity index (χ0n) is 20.1. The molecule has 6 nitrogen and oxygen atoms in total. The smallest absolute Gasteiger partial charge is 0.251 e. The van der Waals surface area contributed by atoms with Crippen LogP contribution in [-0.4, -0.2) is 38.4 Å². The summed E-state index contributed by atoms with van der Waals surface area (Å²) in [5.41, 5.74) is 2.14. The molecule has 0 aliphatic rings. The number of amides is 1. The standard InChI is InChI=1S/C27H31ClN2O4S/c1-4-26(22-14-16-24(28)17-15-22)30(35(32,33)25-8-6-5-7-9-25)18-21-10-12-23(13-11-21)27(31)29-20(2)19-34-3/h5-17,20,26H,4,18-19H2,1-3H3,(H,29,31)/t20-,26+/m1/s1. The molecular formula is C27H31ClN2O4S. The maximum Gasteiger partial charge on any atom is 0.251 e. The van der Waals surface area contributed by atoms with Crippen molar-refractivity contribution in [1.82, 2.24) is 9.62 Å². The number of methoxy groups -OCH3 is 1. The van der Waals surface area contributed by atoms with Crippen LogP contribution in [0.4, 0.5) is 0 Å². The van der Waals surface area contributed by atoms with Crippen LogP contribution < -0.4 is 5.32 Å². The van der Waals surface area contributed by atoms with Crippen molar-refractivity contribution in [3.05, 3.63) is 101 Å². The van der Waals surface area contributed by atoms with Crippen LogP contribution in [0.25, 0.3) is 0 Å². The fourth-order valence-corrected chi connectivity index (χ4v) is 5.74. The Morgan fingerprint density at radius 3 is 2.20 bits per heavy atom. The van der Waals surface area contributed by atoms with Gasteiger partial charge in [0.1, 0.15) is 0 Å². The molecule has 0 saturated carbocycles. The molecule has 0 bridgehead atoms. The van der Waals surface area contributed by atoms with Crippen molar-refractivity contribution in [2.45, 2.75) is 43.8 Å². The summed E-state index contributed by atoms with van der Waals surface area (Å²) in [5.74, 6) is -0.206. The van der Waals surface area contributed by atoms with Crippen LogP contribution in [0.3, 0.4) is 0 Å². The van der Waals surface area contributed by atoms with Crippen LogP contribution in [-0.2, 0) is 21.3 Å². The number of hydrogen-bond donors (Lipinski definition) is 1. The van der Waals surface area contributed by atoms with Gasteiger partial charge in [-0.15, -0.1) is 0 Å². The summed E-state index contributed by atoms with van der Waals surface area (Å²) in [5, 5.41) is 3.47. The highest BCUT2D eigenvalue weighted by Gasteiger charge is 2.31. The Balaban J connectivity index is 1.92. The minimum absolute atomic E-state index is 0.122. The largest absolute Gasteiger partial charge is 0.383 e. The summed E-state index contributed by atoms with van der Waals surface area (Å²) in [6.45, 7) is 4.39. The highest BCUT2D eigenvalue weighted by molar-refractivity contribution is 7.89. The molecule has 0 unspecified atom stereocenters. The first-order valence-electron chi connectivity index (χ1n) is 11.5. The van der Waals surface area contributed by atoms with Crippen molar-refractivity contribution in [3.63, 3.8) is 0 Å². The Kier molecular flexibility index (Phi) is 9.46. The average Bonchev–Trinajstić information content (AvgIpc) is 2.86. The van der Waals surface area contributed by atoms with Crippen molar-refractivity contribution in [2.75, 3.05) is 13.7 Å². The number of hydrogen-bond acceptors (Lipinski definition) is 4. The number of ether oxygens (including phenoxy) is 1. The SMILES string of the molecule is CC[C@@H](c1ccc(Cl)cc1)N(Cc1ccc(C(=O)N[C@H](C)COC)cc1)S(=O)(=O)c1ccccc1. The third-order valence-corrected chi connectivity index (χ3v) is 7.81. The summed E-state index contributed by atoms with van der Waals surface area (Å²) in [6.07, 6.45) is 0.575. The molecule has 0 aliphatic carbocycles. The van der Waals surface area contributed by atoms with E-state index in [2.05, 4.69) is 5.32 Å². The van der Waals surface area contributed by atoms with Gasteiger partial charge in [-0.1, -0.05) is 61.0 Å². The number of sulfonamides is 1. The first kappa shape index (κ1) is 26.9. The molecule has 0 aromatic heterocycles. The lowest BCUT2D eigenvalue weighted by atomic mass is 10.0. The van der Waals surface area contributed by atoms with E-state index in [1.807, 2.05) is 26.0 Å². The Morgan fingerprint density at radius 1 is 1.00 bits per heavy atom. The maximum absolute atomic E-state index is 13.8. The molecule has 0 radical (unpaired) electrons. The predicted octanol–water partition coefficient (Wildman–Crippen LogP) is 5.45. The predicted molar refractivity (Wildman–Crippen MR) is 139 cm³/mol. The molecule has 0 heterocycles. The Morgan fingerprint density at radius 2 is 1.63 bits per heavy atom. The molecule has 0 spiro atoms. The number of benzene rings is 3. The fourth-order valence-electron chi connectivity index (χ4n) is 3.92. The number of rotatable bonds is 11. The van der Waals surface area contributed by atoms with Gasteiger partial charge in [-0.25, -0.2) is 8.42 Å². The van der Waals surface area contributed by atoms with Crippen LogP contribution in [0.2, 0.25) is 5.02 Å². The monoisotopic (exact) mass is 514 g/mol. The van der Waals surface area contributed by atoms with Crippen LogP contribution in [0.15, 0.2) is 83.8 Å². The van der Waals surface area contributed by atoms with Gasteiger partial charge in [-0.2, -0.15) is 4.31 Å². The van der Waals surface area contributed by atoms with E-state index in [9.17, 15) is 13.2 Å². The third kappa shape index (κ3) is 6.92. The molecular weight excluding hydrogens is 484 g/mol. The first-order valence-corrected chi connectivity index (χ1v) is 13.3. The molecule has 2 atom stereocenters.